The molecule has 232 valence electrons. The van der Waals surface area contributed by atoms with Crippen molar-refractivity contribution in [2.75, 3.05) is 33.0 Å². The Kier molecular flexibility index (Phi) is 12.5. The molecule has 3 aromatic rings. The number of carboxylic acid groups (broad SMARTS) is 1. The summed E-state index contributed by atoms with van der Waals surface area (Å²) >= 11 is 0. The average molecular weight is 607 g/mol. The Morgan fingerprint density at radius 3 is 2.56 bits per heavy atom. The number of ether oxygens (including phenoxy) is 3. The van der Waals surface area contributed by atoms with Crippen molar-refractivity contribution in [3.63, 3.8) is 0 Å². The summed E-state index contributed by atoms with van der Waals surface area (Å²) in [5.41, 5.74) is 2.73. The van der Waals surface area contributed by atoms with Gasteiger partial charge in [-0.25, -0.2) is 19.7 Å². The van der Waals surface area contributed by atoms with E-state index in [0.717, 1.165) is 23.7 Å². The maximum absolute atomic E-state index is 12.4. The number of carboxylic acids is 1. The molecule has 0 aliphatic carbocycles. The van der Waals surface area contributed by atoms with E-state index in [1.54, 1.807) is 36.5 Å². The lowest BCUT2D eigenvalue weighted by atomic mass is 10.1. The molecule has 0 amide bonds. The summed E-state index contributed by atoms with van der Waals surface area (Å²) in [6, 6.07) is 11.8. The van der Waals surface area contributed by atoms with Crippen LogP contribution in [0.25, 0.3) is 5.95 Å². The number of aromatic nitrogens is 4. The molecule has 0 saturated heterocycles. The van der Waals surface area contributed by atoms with Gasteiger partial charge in [-0.15, -0.1) is 0 Å². The zero-order valence-electron chi connectivity index (χ0n) is 23.7. The maximum atomic E-state index is 12.4. The Hall–Kier alpha value is -4.50. The molecule has 1 unspecified atom stereocenters. The smallest absolute Gasteiger partial charge is 0.475 e. The Bertz CT molecular complexity index is 1340. The number of hydrogen-bond acceptors (Lipinski definition) is 10. The number of imidazole rings is 1. The SMILES string of the molecule is CCOC(=O)CC(NCCN(CC1=COCO1)Cc1ccccc1)c1cc(C)nc(-n2ccnc2)n1.O=C(O)C(F)(F)F. The summed E-state index contributed by atoms with van der Waals surface area (Å²) in [4.78, 5) is 36.9. The fourth-order valence-electron chi connectivity index (χ4n) is 3.94. The first kappa shape index (κ1) is 33.0. The molecule has 43 heavy (non-hydrogen) atoms. The first-order valence-electron chi connectivity index (χ1n) is 13.3. The van der Waals surface area contributed by atoms with E-state index in [-0.39, 0.29) is 25.2 Å². The van der Waals surface area contributed by atoms with E-state index in [2.05, 4.69) is 32.3 Å². The second kappa shape index (κ2) is 16.2. The molecule has 2 aromatic heterocycles. The predicted octanol–water partition coefficient (Wildman–Crippen LogP) is 3.54. The molecule has 15 heteroatoms. The van der Waals surface area contributed by atoms with Gasteiger partial charge in [0.05, 0.1) is 31.3 Å². The second-order valence-corrected chi connectivity index (χ2v) is 9.23. The van der Waals surface area contributed by atoms with Crippen LogP contribution in [-0.2, 0) is 30.3 Å². The van der Waals surface area contributed by atoms with E-state index in [1.807, 2.05) is 31.2 Å². The van der Waals surface area contributed by atoms with Crippen molar-refractivity contribution in [3.05, 3.63) is 84.1 Å². The number of carbonyl (C=O) groups excluding carboxylic acids is 1. The number of aryl methyl sites for hydroxylation is 1. The number of aliphatic carboxylic acids is 1. The van der Waals surface area contributed by atoms with Gasteiger partial charge in [0.25, 0.3) is 0 Å². The molecule has 1 atom stereocenters. The van der Waals surface area contributed by atoms with Gasteiger partial charge in [0.15, 0.2) is 0 Å². The van der Waals surface area contributed by atoms with Gasteiger partial charge in [-0.05, 0) is 25.5 Å². The number of nitrogens with one attached hydrogen (secondary N) is 1. The normalized spacial score (nSPS) is 13.3. The molecule has 4 rings (SSSR count). The van der Waals surface area contributed by atoms with Crippen molar-refractivity contribution in [1.29, 1.82) is 0 Å². The maximum Gasteiger partial charge on any atom is 0.490 e. The van der Waals surface area contributed by atoms with E-state index in [9.17, 15) is 18.0 Å². The van der Waals surface area contributed by atoms with Crippen LogP contribution < -0.4 is 5.32 Å². The fraction of sp³-hybridized carbons (Fsp3) is 0.393. The molecule has 0 spiro atoms. The van der Waals surface area contributed by atoms with E-state index in [0.29, 0.717) is 32.2 Å². The third-order valence-electron chi connectivity index (χ3n) is 5.85. The largest absolute Gasteiger partial charge is 0.490 e. The Balaban J connectivity index is 0.000000646. The van der Waals surface area contributed by atoms with Crippen molar-refractivity contribution < 1.29 is 42.1 Å². The van der Waals surface area contributed by atoms with Gasteiger partial charge >= 0.3 is 18.1 Å². The molecule has 2 N–H and O–H groups in total. The fourth-order valence-corrected chi connectivity index (χ4v) is 3.94. The summed E-state index contributed by atoms with van der Waals surface area (Å²) in [7, 11) is 0. The topological polar surface area (TPSA) is 141 Å². The van der Waals surface area contributed by atoms with E-state index in [4.69, 9.17) is 29.1 Å². The first-order valence-corrected chi connectivity index (χ1v) is 13.3. The highest BCUT2D eigenvalue weighted by Crippen LogP contribution is 2.19. The number of rotatable bonds is 13. The van der Waals surface area contributed by atoms with Crippen LogP contribution in [0.1, 0.15) is 36.3 Å². The van der Waals surface area contributed by atoms with Gasteiger partial charge < -0.3 is 24.6 Å². The van der Waals surface area contributed by atoms with Crippen LogP contribution in [0.2, 0.25) is 0 Å². The van der Waals surface area contributed by atoms with Crippen LogP contribution in [0, 0.1) is 6.92 Å². The number of esters is 1. The molecular formula is C28H33F3N6O6. The van der Waals surface area contributed by atoms with Crippen LogP contribution in [-0.4, -0.2) is 80.7 Å². The predicted molar refractivity (Wildman–Crippen MR) is 146 cm³/mol. The molecule has 0 fully saturated rings. The van der Waals surface area contributed by atoms with Crippen LogP contribution in [0.3, 0.4) is 0 Å². The minimum Gasteiger partial charge on any atom is -0.475 e. The summed E-state index contributed by atoms with van der Waals surface area (Å²) in [5.74, 6) is -1.73. The molecule has 1 aliphatic rings. The number of alkyl halides is 3. The van der Waals surface area contributed by atoms with Gasteiger partial charge in [0.2, 0.25) is 12.7 Å². The van der Waals surface area contributed by atoms with Crippen molar-refractivity contribution in [2.24, 2.45) is 0 Å². The number of carbonyl (C=O) groups is 2. The number of benzene rings is 1. The second-order valence-electron chi connectivity index (χ2n) is 9.23. The quantitative estimate of drug-likeness (QED) is 0.276. The third kappa shape index (κ3) is 11.4. The van der Waals surface area contributed by atoms with Gasteiger partial charge in [-0.3, -0.25) is 14.3 Å². The van der Waals surface area contributed by atoms with Crippen LogP contribution in [0.5, 0.6) is 0 Å². The van der Waals surface area contributed by atoms with Gasteiger partial charge in [0, 0.05) is 37.7 Å². The Morgan fingerprint density at radius 2 is 1.95 bits per heavy atom. The molecular weight excluding hydrogens is 573 g/mol. The Labute approximate surface area is 246 Å². The summed E-state index contributed by atoms with van der Waals surface area (Å²) < 4.78 is 49.5. The monoisotopic (exact) mass is 606 g/mol. The van der Waals surface area contributed by atoms with Crippen LogP contribution in [0.4, 0.5) is 13.2 Å². The highest BCUT2D eigenvalue weighted by atomic mass is 19.4. The highest BCUT2D eigenvalue weighted by molar-refractivity contribution is 5.73. The standard InChI is InChI=1S/C26H32N6O4.C2HF3O2/c1-3-35-25(33)14-23(24-13-20(2)29-26(30-24)32-12-9-27-18-32)28-10-11-31(16-22-17-34-19-36-22)15-21-7-5-4-6-8-21;3-2(4,5)1(6)7/h4-9,12-13,17-18,23,28H,3,10-11,14-16,19H2,1-2H3;(H,6,7). The molecule has 0 radical (unpaired) electrons. The number of halogens is 3. The zero-order chi connectivity index (χ0) is 31.2. The Morgan fingerprint density at radius 1 is 1.21 bits per heavy atom. The molecule has 1 aromatic carbocycles. The lowest BCUT2D eigenvalue weighted by Gasteiger charge is -2.24. The van der Waals surface area contributed by atoms with Gasteiger partial charge in [-0.2, -0.15) is 13.2 Å². The molecule has 0 saturated carbocycles. The summed E-state index contributed by atoms with van der Waals surface area (Å²) in [6.45, 7) is 7.00. The molecule has 1 aliphatic heterocycles. The van der Waals surface area contributed by atoms with Crippen LogP contribution in [0.15, 0.2) is 67.1 Å². The summed E-state index contributed by atoms with van der Waals surface area (Å²) in [5, 5.41) is 10.6. The molecule has 12 nitrogen and oxygen atoms in total. The van der Waals surface area contributed by atoms with E-state index < -0.39 is 12.1 Å². The zero-order valence-corrected chi connectivity index (χ0v) is 23.7. The molecule has 3 heterocycles. The lowest BCUT2D eigenvalue weighted by Crippen LogP contribution is -2.36. The number of nitrogens with zero attached hydrogens (tertiary/aromatic N) is 5. The van der Waals surface area contributed by atoms with Crippen molar-refractivity contribution in [2.45, 2.75) is 39.0 Å². The minimum atomic E-state index is -5.08. The summed E-state index contributed by atoms with van der Waals surface area (Å²) in [6.07, 6.45) is 1.86. The highest BCUT2D eigenvalue weighted by Gasteiger charge is 2.38. The van der Waals surface area contributed by atoms with E-state index in [1.165, 1.54) is 5.56 Å². The third-order valence-corrected chi connectivity index (χ3v) is 5.85. The first-order chi connectivity index (χ1) is 20.5. The van der Waals surface area contributed by atoms with Crippen molar-refractivity contribution in [1.82, 2.24) is 29.7 Å². The average Bonchev–Trinajstić information content (AvgIpc) is 3.68. The van der Waals surface area contributed by atoms with Gasteiger partial charge in [0.1, 0.15) is 18.3 Å². The number of hydrogen-bond donors (Lipinski definition) is 2. The minimum absolute atomic E-state index is 0.161. The van der Waals surface area contributed by atoms with E-state index >= 15 is 0 Å². The van der Waals surface area contributed by atoms with Crippen molar-refractivity contribution in [3.8, 4) is 5.95 Å². The van der Waals surface area contributed by atoms with Crippen LogP contribution >= 0.6 is 0 Å². The van der Waals surface area contributed by atoms with Gasteiger partial charge in [-0.1, -0.05) is 30.3 Å². The molecule has 0 bridgehead atoms. The van der Waals surface area contributed by atoms with Crippen molar-refractivity contribution >= 4 is 11.9 Å². The lowest BCUT2D eigenvalue weighted by molar-refractivity contribution is -0.192.